The highest BCUT2D eigenvalue weighted by Gasteiger charge is 2.25. The van der Waals surface area contributed by atoms with Crippen molar-refractivity contribution in [2.45, 2.75) is 11.8 Å². The molecule has 0 saturated carbocycles. The molecule has 1 aromatic carbocycles. The quantitative estimate of drug-likeness (QED) is 0.912. The lowest BCUT2D eigenvalue weighted by atomic mass is 10.2. The van der Waals surface area contributed by atoms with Crippen LogP contribution in [0.4, 0.5) is 11.4 Å². The van der Waals surface area contributed by atoms with E-state index in [2.05, 4.69) is 9.71 Å². The van der Waals surface area contributed by atoms with Gasteiger partial charge in [0.15, 0.2) is 5.17 Å². The van der Waals surface area contributed by atoms with Crippen LogP contribution < -0.4 is 10.2 Å². The summed E-state index contributed by atoms with van der Waals surface area (Å²) < 4.78 is 28.0. The molecule has 0 bridgehead atoms. The molecule has 1 aliphatic rings. The Hall–Kier alpha value is -1.54. The van der Waals surface area contributed by atoms with E-state index in [4.69, 9.17) is 0 Å². The van der Waals surface area contributed by atoms with Gasteiger partial charge in [-0.3, -0.25) is 4.79 Å². The second-order valence-corrected chi connectivity index (χ2v) is 7.10. The number of thioether (sulfide) groups is 1. The number of ketones is 1. The van der Waals surface area contributed by atoms with Gasteiger partial charge in [-0.1, -0.05) is 11.8 Å². The topological polar surface area (TPSA) is 78.8 Å². The van der Waals surface area contributed by atoms with Crippen LogP contribution >= 0.6 is 11.8 Å². The number of Topliss-reactive ketones (excluding diaryl/α,β-unsaturated/α-hetero) is 1. The van der Waals surface area contributed by atoms with E-state index < -0.39 is 10.0 Å². The number of carbonyl (C=O) groups excluding carboxylic acids is 1. The zero-order valence-corrected chi connectivity index (χ0v) is 13.0. The highest BCUT2D eigenvalue weighted by molar-refractivity contribution is 8.15. The first-order valence-corrected chi connectivity index (χ1v) is 8.28. The fourth-order valence-corrected chi connectivity index (χ4v) is 3.69. The van der Waals surface area contributed by atoms with Crippen molar-refractivity contribution in [3.63, 3.8) is 0 Å². The second kappa shape index (κ2) is 5.45. The van der Waals surface area contributed by atoms with Crippen molar-refractivity contribution >= 4 is 44.1 Å². The molecular weight excluding hydrogens is 298 g/mol. The van der Waals surface area contributed by atoms with Crippen molar-refractivity contribution in [3.8, 4) is 0 Å². The number of fused-ring (bicyclic) bond motifs is 1. The summed E-state index contributed by atoms with van der Waals surface area (Å²) in [5, 5.41) is 3.16. The summed E-state index contributed by atoms with van der Waals surface area (Å²) in [5.74, 6) is 0.151. The minimum atomic E-state index is -3.73. The van der Waals surface area contributed by atoms with Crippen LogP contribution in [0.25, 0.3) is 0 Å². The lowest BCUT2D eigenvalue weighted by Crippen LogP contribution is -2.20. The molecular formula is C12H15N3O3S2. The molecule has 1 aliphatic heterocycles. The molecule has 8 heteroatoms. The van der Waals surface area contributed by atoms with E-state index in [0.29, 0.717) is 5.69 Å². The highest BCUT2D eigenvalue weighted by atomic mass is 32.2. The first-order valence-electron chi connectivity index (χ1n) is 5.85. The number of rotatable bonds is 3. The Morgan fingerprint density at radius 3 is 2.70 bits per heavy atom. The average Bonchev–Trinajstić information content (AvgIpc) is 2.35. The number of anilines is 2. The molecule has 1 heterocycles. The van der Waals surface area contributed by atoms with E-state index in [0.717, 1.165) is 17.4 Å². The summed E-state index contributed by atoms with van der Waals surface area (Å²) in [7, 11) is -0.0578. The maximum atomic E-state index is 12.2. The predicted octanol–water partition coefficient (Wildman–Crippen LogP) is 1.54. The molecule has 0 aliphatic carbocycles. The Morgan fingerprint density at radius 1 is 1.40 bits per heavy atom. The normalized spacial score (nSPS) is 15.8. The largest absolute Gasteiger partial charge is 0.378 e. The van der Waals surface area contributed by atoms with Gasteiger partial charge in [-0.05, 0) is 25.1 Å². The standard InChI is InChI=1S/C12H15N3O3S2/c1-8(16)7-19-12-13-10-5-4-9(15(2)3)6-11(10)20(17,18)14-12/h4-6H,7H2,1-3H3,(H,13,14). The Labute approximate surface area is 122 Å². The number of sulfonamides is 1. The molecule has 0 atom stereocenters. The predicted molar refractivity (Wildman–Crippen MR) is 82.2 cm³/mol. The molecule has 1 N–H and O–H groups in total. The molecule has 0 fully saturated rings. The first-order chi connectivity index (χ1) is 9.29. The van der Waals surface area contributed by atoms with Gasteiger partial charge in [-0.25, -0.2) is 0 Å². The van der Waals surface area contributed by atoms with Gasteiger partial charge in [-0.2, -0.15) is 8.42 Å². The molecule has 108 valence electrons. The van der Waals surface area contributed by atoms with Crippen LogP contribution in [-0.4, -0.2) is 39.2 Å². The monoisotopic (exact) mass is 313 g/mol. The van der Waals surface area contributed by atoms with Crippen LogP contribution in [0.1, 0.15) is 6.92 Å². The lowest BCUT2D eigenvalue weighted by Gasteiger charge is -2.20. The van der Waals surface area contributed by atoms with Crippen molar-refractivity contribution in [2.75, 3.05) is 30.1 Å². The smallest absolute Gasteiger partial charge is 0.286 e. The molecule has 6 nitrogen and oxygen atoms in total. The molecule has 0 radical (unpaired) electrons. The number of nitrogens with zero attached hydrogens (tertiary/aromatic N) is 2. The Kier molecular flexibility index (Phi) is 4.05. The summed E-state index contributed by atoms with van der Waals surface area (Å²) in [4.78, 5) is 12.9. The van der Waals surface area contributed by atoms with Crippen molar-refractivity contribution < 1.29 is 13.2 Å². The van der Waals surface area contributed by atoms with Gasteiger partial charge in [-0.15, -0.1) is 4.40 Å². The fraction of sp³-hybridized carbons (Fsp3) is 0.333. The van der Waals surface area contributed by atoms with Crippen LogP contribution in [0.2, 0.25) is 0 Å². The summed E-state index contributed by atoms with van der Waals surface area (Å²) in [6.07, 6.45) is 0. The zero-order valence-electron chi connectivity index (χ0n) is 11.4. The summed E-state index contributed by atoms with van der Waals surface area (Å²) in [6, 6.07) is 5.10. The van der Waals surface area contributed by atoms with Gasteiger partial charge >= 0.3 is 0 Å². The van der Waals surface area contributed by atoms with Gasteiger partial charge in [0.25, 0.3) is 10.0 Å². The number of carbonyl (C=O) groups is 1. The molecule has 1 aromatic rings. The average molecular weight is 313 g/mol. The molecule has 0 unspecified atom stereocenters. The van der Waals surface area contributed by atoms with Crippen LogP contribution in [0.5, 0.6) is 0 Å². The molecule has 0 amide bonds. The van der Waals surface area contributed by atoms with Gasteiger partial charge in [0.1, 0.15) is 10.7 Å². The van der Waals surface area contributed by atoms with Crippen molar-refractivity contribution in [3.05, 3.63) is 18.2 Å². The third-order valence-corrected chi connectivity index (χ3v) is 5.07. The van der Waals surface area contributed by atoms with Gasteiger partial charge in [0.05, 0.1) is 11.4 Å². The van der Waals surface area contributed by atoms with E-state index in [1.54, 1.807) is 12.1 Å². The van der Waals surface area contributed by atoms with Gasteiger partial charge in [0, 0.05) is 19.8 Å². The summed E-state index contributed by atoms with van der Waals surface area (Å²) in [6.45, 7) is 1.45. The van der Waals surface area contributed by atoms with Crippen LogP contribution in [0.3, 0.4) is 0 Å². The van der Waals surface area contributed by atoms with E-state index in [9.17, 15) is 13.2 Å². The van der Waals surface area contributed by atoms with Gasteiger partial charge in [0.2, 0.25) is 0 Å². The Balaban J connectivity index is 2.37. The summed E-state index contributed by atoms with van der Waals surface area (Å²) >= 11 is 1.08. The van der Waals surface area contributed by atoms with E-state index >= 15 is 0 Å². The molecule has 0 spiro atoms. The van der Waals surface area contributed by atoms with Gasteiger partial charge < -0.3 is 10.2 Å². The zero-order chi connectivity index (χ0) is 14.9. The van der Waals surface area contributed by atoms with E-state index in [-0.39, 0.29) is 21.6 Å². The number of benzene rings is 1. The summed E-state index contributed by atoms with van der Waals surface area (Å²) in [5.41, 5.74) is 1.26. The number of hydrogen-bond donors (Lipinski definition) is 1. The molecule has 20 heavy (non-hydrogen) atoms. The van der Waals surface area contributed by atoms with Crippen LogP contribution in [0.15, 0.2) is 27.5 Å². The minimum Gasteiger partial charge on any atom is -0.378 e. The van der Waals surface area contributed by atoms with Crippen LogP contribution in [-0.2, 0) is 14.8 Å². The molecule has 0 saturated heterocycles. The van der Waals surface area contributed by atoms with E-state index in [1.807, 2.05) is 25.1 Å². The van der Waals surface area contributed by atoms with Crippen molar-refractivity contribution in [2.24, 2.45) is 4.40 Å². The molecule has 2 rings (SSSR count). The number of nitrogens with one attached hydrogen (secondary N) is 1. The van der Waals surface area contributed by atoms with Crippen LogP contribution in [0, 0.1) is 0 Å². The minimum absolute atomic E-state index is 0.0364. The third kappa shape index (κ3) is 3.13. The lowest BCUT2D eigenvalue weighted by molar-refractivity contribution is -0.114. The SMILES string of the molecule is CC(=O)CSC1=NS(=O)(=O)c2cc(N(C)C)ccc2N1. The first kappa shape index (κ1) is 14.9. The fourth-order valence-electron chi connectivity index (χ4n) is 1.63. The maximum absolute atomic E-state index is 12.2. The van der Waals surface area contributed by atoms with Crippen molar-refractivity contribution in [1.82, 2.24) is 0 Å². The maximum Gasteiger partial charge on any atom is 0.286 e. The van der Waals surface area contributed by atoms with Crippen molar-refractivity contribution in [1.29, 1.82) is 0 Å². The highest BCUT2D eigenvalue weighted by Crippen LogP contribution is 2.32. The third-order valence-electron chi connectivity index (χ3n) is 2.62. The number of amidine groups is 1. The molecule has 0 aromatic heterocycles. The number of hydrogen-bond acceptors (Lipinski definition) is 6. The Morgan fingerprint density at radius 2 is 2.10 bits per heavy atom. The second-order valence-electron chi connectivity index (χ2n) is 4.56. The Bertz CT molecular complexity index is 681. The van der Waals surface area contributed by atoms with E-state index in [1.165, 1.54) is 6.92 Å².